The van der Waals surface area contributed by atoms with E-state index in [1.54, 1.807) is 12.1 Å². The molecule has 4 aromatic carbocycles. The lowest BCUT2D eigenvalue weighted by atomic mass is 10.0. The number of ketones is 1. The third-order valence-electron chi connectivity index (χ3n) is 5.66. The molecule has 0 unspecified atom stereocenters. The molecule has 0 saturated carbocycles. The number of methoxy groups -OCH3 is 1. The number of hydrogen-bond acceptors (Lipinski definition) is 4. The van der Waals surface area contributed by atoms with E-state index in [4.69, 9.17) is 9.47 Å². The second kappa shape index (κ2) is 8.63. The molecule has 0 spiro atoms. The summed E-state index contributed by atoms with van der Waals surface area (Å²) >= 11 is 0. The van der Waals surface area contributed by atoms with Crippen LogP contribution in [-0.4, -0.2) is 23.8 Å². The second-order valence-corrected chi connectivity index (χ2v) is 7.74. The monoisotopic (exact) mass is 435 g/mol. The van der Waals surface area contributed by atoms with Crippen LogP contribution in [0.5, 0.6) is 5.75 Å². The summed E-state index contributed by atoms with van der Waals surface area (Å²) in [5.41, 5.74) is 2.89. The fourth-order valence-corrected chi connectivity index (χ4v) is 3.97. The summed E-state index contributed by atoms with van der Waals surface area (Å²) in [7, 11) is 1.31. The summed E-state index contributed by atoms with van der Waals surface area (Å²) in [6.45, 7) is 0.299. The fraction of sp³-hybridized carbons (Fsp3) is 0.0714. The van der Waals surface area contributed by atoms with Gasteiger partial charge in [-0.05, 0) is 46.7 Å². The summed E-state index contributed by atoms with van der Waals surface area (Å²) in [4.78, 5) is 28.9. The highest BCUT2D eigenvalue weighted by atomic mass is 16.5. The van der Waals surface area contributed by atoms with Gasteiger partial charge in [0.05, 0.1) is 12.8 Å². The normalized spacial score (nSPS) is 10.9. The molecule has 0 aliphatic carbocycles. The predicted octanol–water partition coefficient (Wildman–Crippen LogP) is 5.92. The lowest BCUT2D eigenvalue weighted by Crippen LogP contribution is -2.09. The third-order valence-corrected chi connectivity index (χ3v) is 5.66. The van der Waals surface area contributed by atoms with Crippen molar-refractivity contribution in [3.8, 4) is 5.75 Å². The highest BCUT2D eigenvalue weighted by Crippen LogP contribution is 2.28. The molecule has 1 N–H and O–H groups in total. The number of carbonyl (C=O) groups is 2. The van der Waals surface area contributed by atoms with Gasteiger partial charge in [-0.2, -0.15) is 0 Å². The predicted molar refractivity (Wildman–Crippen MR) is 128 cm³/mol. The van der Waals surface area contributed by atoms with Crippen molar-refractivity contribution in [1.29, 1.82) is 0 Å². The van der Waals surface area contributed by atoms with Gasteiger partial charge >= 0.3 is 5.97 Å². The molecule has 0 bridgehead atoms. The first kappa shape index (κ1) is 20.5. The average Bonchev–Trinajstić information content (AvgIpc) is 3.32. The lowest BCUT2D eigenvalue weighted by Gasteiger charge is -2.12. The highest BCUT2D eigenvalue weighted by molar-refractivity contribution is 6.14. The Balaban J connectivity index is 1.49. The van der Waals surface area contributed by atoms with E-state index >= 15 is 0 Å². The molecule has 0 amide bonds. The molecule has 5 nitrogen and oxygen atoms in total. The standard InChI is InChI=1S/C28H21NO4/c1-32-28(31)23-15-20(12-14-26(23)33-17-18-7-3-2-4-8-18)27(30)25-16-22-21-10-6-5-9-19(21)11-13-24(22)29-25/h2-16,29H,17H2,1H3. The molecule has 0 radical (unpaired) electrons. The van der Waals surface area contributed by atoms with Crippen LogP contribution in [0.4, 0.5) is 0 Å². The molecular formula is C28H21NO4. The van der Waals surface area contributed by atoms with E-state index in [-0.39, 0.29) is 11.3 Å². The zero-order chi connectivity index (χ0) is 22.8. The maximum atomic E-state index is 13.3. The Hall–Kier alpha value is -4.38. The smallest absolute Gasteiger partial charge is 0.341 e. The van der Waals surface area contributed by atoms with Crippen molar-refractivity contribution >= 4 is 33.4 Å². The van der Waals surface area contributed by atoms with Crippen molar-refractivity contribution in [2.75, 3.05) is 7.11 Å². The number of rotatable bonds is 6. The number of ether oxygens (including phenoxy) is 2. The van der Waals surface area contributed by atoms with Crippen molar-refractivity contribution in [1.82, 2.24) is 4.98 Å². The molecular weight excluding hydrogens is 414 g/mol. The van der Waals surface area contributed by atoms with E-state index in [2.05, 4.69) is 4.98 Å². The van der Waals surface area contributed by atoms with Crippen molar-refractivity contribution in [2.45, 2.75) is 6.61 Å². The van der Waals surface area contributed by atoms with Crippen LogP contribution >= 0.6 is 0 Å². The Kier molecular flexibility index (Phi) is 5.37. The quantitative estimate of drug-likeness (QED) is 0.266. The molecule has 0 fully saturated rings. The van der Waals surface area contributed by atoms with Crippen LogP contribution in [0.1, 0.15) is 32.0 Å². The molecule has 5 rings (SSSR count). The molecule has 162 valence electrons. The molecule has 0 saturated heterocycles. The van der Waals surface area contributed by atoms with Crippen LogP contribution < -0.4 is 4.74 Å². The van der Waals surface area contributed by atoms with Crippen molar-refractivity contribution in [3.05, 3.63) is 113 Å². The van der Waals surface area contributed by atoms with Crippen LogP contribution in [0.2, 0.25) is 0 Å². The first-order valence-electron chi connectivity index (χ1n) is 10.6. The zero-order valence-corrected chi connectivity index (χ0v) is 18.0. The number of carbonyl (C=O) groups excluding carboxylic acids is 2. The highest BCUT2D eigenvalue weighted by Gasteiger charge is 2.19. The number of aromatic amines is 1. The number of fused-ring (bicyclic) bond motifs is 3. The summed E-state index contributed by atoms with van der Waals surface area (Å²) in [5.74, 6) is -0.407. The summed E-state index contributed by atoms with van der Waals surface area (Å²) in [6.07, 6.45) is 0. The number of aromatic nitrogens is 1. The Morgan fingerprint density at radius 1 is 0.818 bits per heavy atom. The molecule has 33 heavy (non-hydrogen) atoms. The van der Waals surface area contributed by atoms with E-state index in [0.29, 0.717) is 23.6 Å². The average molecular weight is 435 g/mol. The summed E-state index contributed by atoms with van der Waals surface area (Å²) < 4.78 is 10.8. The second-order valence-electron chi connectivity index (χ2n) is 7.74. The number of benzene rings is 4. The molecule has 5 heteroatoms. The molecule has 0 aliphatic heterocycles. The van der Waals surface area contributed by atoms with Gasteiger partial charge in [0.25, 0.3) is 0 Å². The zero-order valence-electron chi connectivity index (χ0n) is 18.0. The molecule has 0 aliphatic rings. The minimum Gasteiger partial charge on any atom is -0.488 e. The summed E-state index contributed by atoms with van der Waals surface area (Å²) in [6, 6.07) is 28.4. The molecule has 1 aromatic heterocycles. The molecule has 5 aromatic rings. The van der Waals surface area contributed by atoms with Gasteiger partial charge in [-0.15, -0.1) is 0 Å². The molecule has 1 heterocycles. The van der Waals surface area contributed by atoms with Crippen LogP contribution in [0.3, 0.4) is 0 Å². The number of esters is 1. The fourth-order valence-electron chi connectivity index (χ4n) is 3.97. The van der Waals surface area contributed by atoms with Gasteiger partial charge in [-0.3, -0.25) is 4.79 Å². The van der Waals surface area contributed by atoms with Gasteiger partial charge in [0.1, 0.15) is 17.9 Å². The maximum Gasteiger partial charge on any atom is 0.341 e. The van der Waals surface area contributed by atoms with Gasteiger partial charge in [-0.25, -0.2) is 4.79 Å². The lowest BCUT2D eigenvalue weighted by molar-refractivity contribution is 0.0595. The Morgan fingerprint density at radius 3 is 2.42 bits per heavy atom. The van der Waals surface area contributed by atoms with Crippen molar-refractivity contribution < 1.29 is 19.1 Å². The topological polar surface area (TPSA) is 68.4 Å². The van der Waals surface area contributed by atoms with Gasteiger partial charge in [0, 0.05) is 16.5 Å². The van der Waals surface area contributed by atoms with Gasteiger partial charge in [0.2, 0.25) is 5.78 Å². The third kappa shape index (κ3) is 3.96. The van der Waals surface area contributed by atoms with Crippen LogP contribution in [0.25, 0.3) is 21.7 Å². The van der Waals surface area contributed by atoms with Crippen LogP contribution in [0.15, 0.2) is 91.0 Å². The van der Waals surface area contributed by atoms with Crippen molar-refractivity contribution in [2.24, 2.45) is 0 Å². The number of H-pyrrole nitrogens is 1. The van der Waals surface area contributed by atoms with Crippen LogP contribution in [-0.2, 0) is 11.3 Å². The Bertz CT molecular complexity index is 1480. The largest absolute Gasteiger partial charge is 0.488 e. The number of nitrogens with one attached hydrogen (secondary N) is 1. The number of hydrogen-bond donors (Lipinski definition) is 1. The minimum absolute atomic E-state index is 0.209. The van der Waals surface area contributed by atoms with E-state index < -0.39 is 5.97 Å². The molecule has 0 atom stereocenters. The van der Waals surface area contributed by atoms with E-state index in [0.717, 1.165) is 27.2 Å². The van der Waals surface area contributed by atoms with Gasteiger partial charge in [0.15, 0.2) is 0 Å². The van der Waals surface area contributed by atoms with E-state index in [9.17, 15) is 9.59 Å². The maximum absolute atomic E-state index is 13.3. The summed E-state index contributed by atoms with van der Waals surface area (Å²) in [5, 5.41) is 3.16. The van der Waals surface area contributed by atoms with Crippen molar-refractivity contribution in [3.63, 3.8) is 0 Å². The SMILES string of the molecule is COC(=O)c1cc(C(=O)c2cc3c(ccc4ccccc43)[nH]2)ccc1OCc1ccccc1. The van der Waals surface area contributed by atoms with Gasteiger partial charge in [-0.1, -0.05) is 60.7 Å². The van der Waals surface area contributed by atoms with E-state index in [1.165, 1.54) is 13.2 Å². The first-order valence-corrected chi connectivity index (χ1v) is 10.6. The Morgan fingerprint density at radius 2 is 1.61 bits per heavy atom. The van der Waals surface area contributed by atoms with E-state index in [1.807, 2.05) is 72.8 Å². The first-order chi connectivity index (χ1) is 16.1. The Labute approximate surface area is 190 Å². The van der Waals surface area contributed by atoms with Crippen LogP contribution in [0, 0.1) is 0 Å². The van der Waals surface area contributed by atoms with Gasteiger partial charge < -0.3 is 14.5 Å². The minimum atomic E-state index is -0.560.